The molecule has 0 spiro atoms. The van der Waals surface area contributed by atoms with Gasteiger partial charge in [0.2, 0.25) is 6.29 Å². The molecule has 1 aromatic rings. The molecule has 178 valence electrons. The molecular formula is C22H25NO10. The van der Waals surface area contributed by atoms with E-state index in [0.29, 0.717) is 5.56 Å². The Labute approximate surface area is 190 Å². The number of hydrogen-bond donors (Lipinski definition) is 0. The first kappa shape index (κ1) is 25.8. The van der Waals surface area contributed by atoms with Gasteiger partial charge in [-0.3, -0.25) is 19.2 Å². The van der Waals surface area contributed by atoms with Crippen LogP contribution in [0.2, 0.25) is 0 Å². The fraction of sp³-hybridized carbons (Fsp3) is 0.500. The standard InChI is InChI=1S/C22H25NO10/c1-12(24)28-11-18-19(29-13(2)25)20(30-14(3)26)21(31-15(4)27)22(33-18)32-17(10-23)16-8-6-5-7-9-16/h5-9,17-22H,11H2,1-4H3/t17?,18-,19-,20+,21-,22-/m1/s1. The van der Waals surface area contributed by atoms with Crippen molar-refractivity contribution < 1.29 is 47.6 Å². The minimum absolute atomic E-state index is 0.389. The predicted molar refractivity (Wildman–Crippen MR) is 108 cm³/mol. The third-order valence-corrected chi connectivity index (χ3v) is 4.44. The van der Waals surface area contributed by atoms with Crippen molar-refractivity contribution in [2.24, 2.45) is 0 Å². The maximum Gasteiger partial charge on any atom is 0.303 e. The fourth-order valence-electron chi connectivity index (χ4n) is 3.24. The van der Waals surface area contributed by atoms with Crippen molar-refractivity contribution in [2.45, 2.75) is 64.5 Å². The lowest BCUT2D eigenvalue weighted by Gasteiger charge is -2.44. The van der Waals surface area contributed by atoms with E-state index < -0.39 is 60.7 Å². The summed E-state index contributed by atoms with van der Waals surface area (Å²) in [5.74, 6) is -2.90. The molecule has 33 heavy (non-hydrogen) atoms. The van der Waals surface area contributed by atoms with E-state index in [4.69, 9.17) is 28.4 Å². The van der Waals surface area contributed by atoms with Gasteiger partial charge in [0.25, 0.3) is 0 Å². The molecule has 6 atom stereocenters. The zero-order chi connectivity index (χ0) is 24.5. The molecule has 2 rings (SSSR count). The second-order valence-electron chi connectivity index (χ2n) is 7.12. The van der Waals surface area contributed by atoms with Crippen LogP contribution in [0.5, 0.6) is 0 Å². The lowest BCUT2D eigenvalue weighted by Crippen LogP contribution is -2.63. The van der Waals surface area contributed by atoms with E-state index >= 15 is 0 Å². The van der Waals surface area contributed by atoms with E-state index in [1.54, 1.807) is 30.3 Å². The molecule has 1 fully saturated rings. The largest absolute Gasteiger partial charge is 0.463 e. The smallest absolute Gasteiger partial charge is 0.303 e. The van der Waals surface area contributed by atoms with Crippen LogP contribution >= 0.6 is 0 Å². The Morgan fingerprint density at radius 2 is 1.42 bits per heavy atom. The van der Waals surface area contributed by atoms with Gasteiger partial charge in [0.05, 0.1) is 6.07 Å². The van der Waals surface area contributed by atoms with Crippen LogP contribution in [0.1, 0.15) is 39.4 Å². The average molecular weight is 463 g/mol. The minimum atomic E-state index is -1.43. The van der Waals surface area contributed by atoms with Crippen LogP contribution in [0.15, 0.2) is 30.3 Å². The molecule has 1 aromatic carbocycles. The SMILES string of the molecule is CC(=O)OC[C@H]1O[C@@H](OC(C#N)c2ccccc2)[C@H](OC(C)=O)[C@@H](OC(C)=O)[C@@H]1OC(C)=O. The zero-order valence-electron chi connectivity index (χ0n) is 18.6. The van der Waals surface area contributed by atoms with Crippen molar-refractivity contribution >= 4 is 23.9 Å². The topological polar surface area (TPSA) is 147 Å². The van der Waals surface area contributed by atoms with Crippen LogP contribution < -0.4 is 0 Å². The van der Waals surface area contributed by atoms with Gasteiger partial charge in [-0.25, -0.2) is 0 Å². The highest BCUT2D eigenvalue weighted by Crippen LogP contribution is 2.32. The van der Waals surface area contributed by atoms with Crippen molar-refractivity contribution in [3.05, 3.63) is 35.9 Å². The van der Waals surface area contributed by atoms with Crippen LogP contribution in [-0.4, -0.2) is 61.2 Å². The van der Waals surface area contributed by atoms with Crippen LogP contribution in [0, 0.1) is 11.3 Å². The lowest BCUT2D eigenvalue weighted by atomic mass is 9.98. The Hall–Kier alpha value is -3.49. The Balaban J connectivity index is 2.46. The summed E-state index contributed by atoms with van der Waals surface area (Å²) in [5.41, 5.74) is 0.493. The number of rotatable bonds is 8. The van der Waals surface area contributed by atoms with Crippen LogP contribution in [0.3, 0.4) is 0 Å². The maximum absolute atomic E-state index is 11.8. The van der Waals surface area contributed by atoms with Gasteiger partial charge >= 0.3 is 23.9 Å². The first-order valence-electron chi connectivity index (χ1n) is 10.0. The second kappa shape index (κ2) is 11.9. The Bertz CT molecular complexity index is 896. The van der Waals surface area contributed by atoms with Gasteiger partial charge in [-0.15, -0.1) is 0 Å². The Morgan fingerprint density at radius 3 is 1.94 bits per heavy atom. The van der Waals surface area contributed by atoms with Gasteiger partial charge in [-0.2, -0.15) is 5.26 Å². The van der Waals surface area contributed by atoms with Crippen molar-refractivity contribution in [1.82, 2.24) is 0 Å². The van der Waals surface area contributed by atoms with Gasteiger partial charge in [0.15, 0.2) is 24.4 Å². The molecule has 0 amide bonds. The summed E-state index contributed by atoms with van der Waals surface area (Å²) in [6.07, 6.45) is -7.81. The summed E-state index contributed by atoms with van der Waals surface area (Å²) in [4.78, 5) is 46.8. The number of carbonyl (C=O) groups excluding carboxylic acids is 4. The van der Waals surface area contributed by atoms with Crippen molar-refractivity contribution in [1.29, 1.82) is 5.26 Å². The molecular weight excluding hydrogens is 438 g/mol. The lowest BCUT2D eigenvalue weighted by molar-refractivity contribution is -0.314. The van der Waals surface area contributed by atoms with Crippen LogP contribution in [0.4, 0.5) is 0 Å². The summed E-state index contributed by atoms with van der Waals surface area (Å²) < 4.78 is 32.6. The summed E-state index contributed by atoms with van der Waals surface area (Å²) >= 11 is 0. The number of benzene rings is 1. The minimum Gasteiger partial charge on any atom is -0.463 e. The molecule has 1 aliphatic heterocycles. The first-order valence-corrected chi connectivity index (χ1v) is 10.0. The third-order valence-electron chi connectivity index (χ3n) is 4.44. The molecule has 1 aliphatic rings. The predicted octanol–water partition coefficient (Wildman–Crippen LogP) is 1.35. The Morgan fingerprint density at radius 1 is 0.879 bits per heavy atom. The molecule has 11 nitrogen and oxygen atoms in total. The summed E-state index contributed by atoms with van der Waals surface area (Å²) in [7, 11) is 0. The van der Waals surface area contributed by atoms with Crippen molar-refractivity contribution in [2.75, 3.05) is 6.61 Å². The third kappa shape index (κ3) is 7.55. The van der Waals surface area contributed by atoms with Gasteiger partial charge in [0.1, 0.15) is 12.7 Å². The molecule has 0 bridgehead atoms. The number of ether oxygens (including phenoxy) is 6. The van der Waals surface area contributed by atoms with Crippen LogP contribution in [0.25, 0.3) is 0 Å². The molecule has 0 aliphatic carbocycles. The zero-order valence-corrected chi connectivity index (χ0v) is 18.6. The number of nitrogens with zero attached hydrogens (tertiary/aromatic N) is 1. The van der Waals surface area contributed by atoms with E-state index in [2.05, 4.69) is 0 Å². The van der Waals surface area contributed by atoms with Crippen molar-refractivity contribution in [3.63, 3.8) is 0 Å². The molecule has 0 saturated carbocycles. The molecule has 1 unspecified atom stereocenters. The van der Waals surface area contributed by atoms with E-state index in [1.165, 1.54) is 6.92 Å². The van der Waals surface area contributed by atoms with Crippen LogP contribution in [-0.2, 0) is 47.6 Å². The van der Waals surface area contributed by atoms with E-state index in [-0.39, 0.29) is 6.61 Å². The van der Waals surface area contributed by atoms with Gasteiger partial charge in [0, 0.05) is 27.7 Å². The maximum atomic E-state index is 11.8. The van der Waals surface area contributed by atoms with Gasteiger partial charge in [-0.05, 0) is 5.56 Å². The highest BCUT2D eigenvalue weighted by molar-refractivity contribution is 5.68. The summed E-state index contributed by atoms with van der Waals surface area (Å²) in [6.45, 7) is 4.14. The number of nitriles is 1. The highest BCUT2D eigenvalue weighted by atomic mass is 16.7. The molecule has 11 heteroatoms. The van der Waals surface area contributed by atoms with E-state index in [0.717, 1.165) is 20.8 Å². The van der Waals surface area contributed by atoms with E-state index in [1.807, 2.05) is 6.07 Å². The van der Waals surface area contributed by atoms with Gasteiger partial charge in [-0.1, -0.05) is 30.3 Å². The molecule has 0 aromatic heterocycles. The fourth-order valence-corrected chi connectivity index (χ4v) is 3.24. The summed E-state index contributed by atoms with van der Waals surface area (Å²) in [5, 5.41) is 9.64. The summed E-state index contributed by atoms with van der Waals surface area (Å²) in [6, 6.07) is 10.5. The normalized spacial score (nSPS) is 25.1. The molecule has 0 radical (unpaired) electrons. The van der Waals surface area contributed by atoms with E-state index in [9.17, 15) is 24.4 Å². The Kier molecular flexibility index (Phi) is 9.32. The highest BCUT2D eigenvalue weighted by Gasteiger charge is 2.53. The number of carbonyl (C=O) groups is 4. The first-order chi connectivity index (χ1) is 15.6. The van der Waals surface area contributed by atoms with Gasteiger partial charge < -0.3 is 28.4 Å². The molecule has 1 saturated heterocycles. The number of esters is 4. The molecule has 0 N–H and O–H groups in total. The monoisotopic (exact) mass is 463 g/mol. The number of hydrogen-bond acceptors (Lipinski definition) is 11. The van der Waals surface area contributed by atoms with Crippen molar-refractivity contribution in [3.8, 4) is 6.07 Å². The second-order valence-corrected chi connectivity index (χ2v) is 7.12. The average Bonchev–Trinajstić information content (AvgIpc) is 2.74. The molecule has 1 heterocycles. The quantitative estimate of drug-likeness (QED) is 0.406.